The van der Waals surface area contributed by atoms with Crippen LogP contribution in [-0.4, -0.2) is 26.5 Å². The minimum atomic E-state index is -0.829. The van der Waals surface area contributed by atoms with Gasteiger partial charge in [0, 0.05) is 6.42 Å². The van der Waals surface area contributed by atoms with Gasteiger partial charge >= 0.3 is 5.97 Å². The summed E-state index contributed by atoms with van der Waals surface area (Å²) in [7, 11) is 2.92. The molecule has 0 aliphatic rings. The van der Waals surface area contributed by atoms with E-state index in [1.54, 1.807) is 26.2 Å². The number of carbonyl (C=O) groups excluding carboxylic acids is 2. The molecule has 4 nitrogen and oxygen atoms in total. The molecule has 1 aromatic carbocycles. The largest absolute Gasteiger partial charge is 0.497 e. The van der Waals surface area contributed by atoms with Gasteiger partial charge in [0.1, 0.15) is 12.0 Å². The van der Waals surface area contributed by atoms with E-state index in [1.807, 2.05) is 12.1 Å². The van der Waals surface area contributed by atoms with Gasteiger partial charge in [0.05, 0.1) is 19.6 Å². The summed E-state index contributed by atoms with van der Waals surface area (Å²) in [6, 6.07) is 7.25. The number of aldehydes is 1. The van der Waals surface area contributed by atoms with Crippen molar-refractivity contribution >= 4 is 12.3 Å². The van der Waals surface area contributed by atoms with Crippen LogP contribution in [0.5, 0.6) is 5.75 Å². The van der Waals surface area contributed by atoms with Crippen molar-refractivity contribution in [1.82, 2.24) is 0 Å². The van der Waals surface area contributed by atoms with E-state index < -0.39 is 5.41 Å². The SMILES string of the molecule is COC(=O)[C@](C)(CCC=O)c1cccc(OC)c1. The van der Waals surface area contributed by atoms with Crippen molar-refractivity contribution in [1.29, 1.82) is 0 Å². The molecule has 0 aromatic heterocycles. The van der Waals surface area contributed by atoms with Crippen molar-refractivity contribution in [3.63, 3.8) is 0 Å². The highest BCUT2D eigenvalue weighted by Gasteiger charge is 2.36. The summed E-state index contributed by atoms with van der Waals surface area (Å²) in [6.45, 7) is 1.77. The van der Waals surface area contributed by atoms with Crippen molar-refractivity contribution in [3.05, 3.63) is 29.8 Å². The van der Waals surface area contributed by atoms with Crippen molar-refractivity contribution in [2.75, 3.05) is 14.2 Å². The molecular weight excluding hydrogens is 232 g/mol. The normalized spacial score (nSPS) is 13.5. The molecule has 0 heterocycles. The molecule has 18 heavy (non-hydrogen) atoms. The zero-order chi connectivity index (χ0) is 13.6. The maximum atomic E-state index is 12.0. The highest BCUT2D eigenvalue weighted by molar-refractivity contribution is 5.83. The lowest BCUT2D eigenvalue weighted by Crippen LogP contribution is -2.34. The summed E-state index contributed by atoms with van der Waals surface area (Å²) >= 11 is 0. The van der Waals surface area contributed by atoms with E-state index in [4.69, 9.17) is 9.47 Å². The third-order valence-corrected chi connectivity index (χ3v) is 3.10. The van der Waals surface area contributed by atoms with Gasteiger partial charge in [0.25, 0.3) is 0 Å². The van der Waals surface area contributed by atoms with E-state index in [0.717, 1.165) is 11.8 Å². The molecular formula is C14H18O4. The number of ether oxygens (including phenoxy) is 2. The Balaban J connectivity index is 3.15. The number of hydrogen-bond donors (Lipinski definition) is 0. The molecule has 0 saturated heterocycles. The zero-order valence-electron chi connectivity index (χ0n) is 10.9. The minimum absolute atomic E-state index is 0.308. The molecule has 0 amide bonds. The summed E-state index contributed by atoms with van der Waals surface area (Å²) in [5.74, 6) is 0.325. The van der Waals surface area contributed by atoms with Crippen LogP contribution in [0.1, 0.15) is 25.3 Å². The fraction of sp³-hybridized carbons (Fsp3) is 0.429. The number of carbonyl (C=O) groups is 2. The van der Waals surface area contributed by atoms with Crippen LogP contribution >= 0.6 is 0 Å². The smallest absolute Gasteiger partial charge is 0.316 e. The van der Waals surface area contributed by atoms with Crippen molar-refractivity contribution in [3.8, 4) is 5.75 Å². The van der Waals surface area contributed by atoms with Gasteiger partial charge in [0.2, 0.25) is 0 Å². The predicted molar refractivity (Wildman–Crippen MR) is 67.7 cm³/mol. The average Bonchev–Trinajstić information content (AvgIpc) is 2.43. The standard InChI is InChI=1S/C14H18O4/c1-14(8-5-9-15,13(16)18-3)11-6-4-7-12(10-11)17-2/h4,6-7,9-10H,5,8H2,1-3H3/t14-/m1/s1. The second-order valence-corrected chi connectivity index (χ2v) is 4.26. The lowest BCUT2D eigenvalue weighted by Gasteiger charge is -2.26. The monoisotopic (exact) mass is 250 g/mol. The first-order chi connectivity index (χ1) is 8.58. The van der Waals surface area contributed by atoms with E-state index >= 15 is 0 Å². The minimum Gasteiger partial charge on any atom is -0.497 e. The molecule has 98 valence electrons. The molecule has 0 aliphatic heterocycles. The van der Waals surface area contributed by atoms with E-state index in [0.29, 0.717) is 18.6 Å². The molecule has 0 bridgehead atoms. The Labute approximate surface area is 107 Å². The quantitative estimate of drug-likeness (QED) is 0.573. The molecule has 0 unspecified atom stereocenters. The van der Waals surface area contributed by atoms with Crippen molar-refractivity contribution in [2.24, 2.45) is 0 Å². The van der Waals surface area contributed by atoms with Gasteiger partial charge < -0.3 is 14.3 Å². The summed E-state index contributed by atoms with van der Waals surface area (Å²) < 4.78 is 9.99. The van der Waals surface area contributed by atoms with Crippen LogP contribution < -0.4 is 4.74 Å². The first-order valence-electron chi connectivity index (χ1n) is 5.75. The molecule has 0 aliphatic carbocycles. The topological polar surface area (TPSA) is 52.6 Å². The molecule has 1 rings (SSSR count). The number of hydrogen-bond acceptors (Lipinski definition) is 4. The lowest BCUT2D eigenvalue weighted by molar-refractivity contribution is -0.147. The summed E-state index contributed by atoms with van der Waals surface area (Å²) in [5.41, 5.74) is -0.0416. The lowest BCUT2D eigenvalue weighted by atomic mass is 9.78. The zero-order valence-corrected chi connectivity index (χ0v) is 10.9. The first kappa shape index (κ1) is 14.2. The third-order valence-electron chi connectivity index (χ3n) is 3.10. The van der Waals surface area contributed by atoms with Crippen LogP contribution in [0.25, 0.3) is 0 Å². The molecule has 0 fully saturated rings. The Morgan fingerprint density at radius 2 is 2.11 bits per heavy atom. The maximum absolute atomic E-state index is 12.0. The summed E-state index contributed by atoms with van der Waals surface area (Å²) in [4.78, 5) is 22.5. The predicted octanol–water partition coefficient (Wildman–Crippen LogP) is 2.10. The molecule has 4 heteroatoms. The summed E-state index contributed by atoms with van der Waals surface area (Å²) in [6.07, 6.45) is 1.53. The van der Waals surface area contributed by atoms with Crippen molar-refractivity contribution < 1.29 is 19.1 Å². The second-order valence-electron chi connectivity index (χ2n) is 4.26. The fourth-order valence-electron chi connectivity index (χ4n) is 1.90. The number of methoxy groups -OCH3 is 2. The maximum Gasteiger partial charge on any atom is 0.316 e. The van der Waals surface area contributed by atoms with Crippen LogP contribution in [0.3, 0.4) is 0 Å². The van der Waals surface area contributed by atoms with E-state index in [1.165, 1.54) is 7.11 Å². The average molecular weight is 250 g/mol. The summed E-state index contributed by atoms with van der Waals surface area (Å²) in [5, 5.41) is 0. The van der Waals surface area contributed by atoms with E-state index in [-0.39, 0.29) is 5.97 Å². The third kappa shape index (κ3) is 2.88. The fourth-order valence-corrected chi connectivity index (χ4v) is 1.90. The van der Waals surface area contributed by atoms with Gasteiger partial charge in [-0.1, -0.05) is 12.1 Å². The Kier molecular flexibility index (Phi) is 4.89. The Bertz CT molecular complexity index is 428. The van der Waals surface area contributed by atoms with Gasteiger partial charge in [-0.25, -0.2) is 0 Å². The first-order valence-corrected chi connectivity index (χ1v) is 5.75. The molecule has 0 radical (unpaired) electrons. The van der Waals surface area contributed by atoms with Crippen LogP contribution in [0.4, 0.5) is 0 Å². The van der Waals surface area contributed by atoms with Crippen LogP contribution in [0.2, 0.25) is 0 Å². The molecule has 1 aromatic rings. The highest BCUT2D eigenvalue weighted by atomic mass is 16.5. The van der Waals surface area contributed by atoms with Gasteiger partial charge in [-0.2, -0.15) is 0 Å². The highest BCUT2D eigenvalue weighted by Crippen LogP contribution is 2.32. The number of esters is 1. The van der Waals surface area contributed by atoms with Crippen LogP contribution in [0, 0.1) is 0 Å². The number of benzene rings is 1. The molecule has 1 atom stereocenters. The van der Waals surface area contributed by atoms with Gasteiger partial charge in [-0.3, -0.25) is 4.79 Å². The Hall–Kier alpha value is -1.84. The van der Waals surface area contributed by atoms with Crippen molar-refractivity contribution in [2.45, 2.75) is 25.2 Å². The van der Waals surface area contributed by atoms with E-state index in [9.17, 15) is 9.59 Å². The Morgan fingerprint density at radius 3 is 2.67 bits per heavy atom. The number of rotatable bonds is 6. The Morgan fingerprint density at radius 1 is 1.39 bits per heavy atom. The van der Waals surface area contributed by atoms with Crippen LogP contribution in [-0.2, 0) is 19.7 Å². The molecule has 0 N–H and O–H groups in total. The van der Waals surface area contributed by atoms with E-state index in [2.05, 4.69) is 0 Å². The second kappa shape index (κ2) is 6.19. The van der Waals surface area contributed by atoms with Gasteiger partial charge in [0.15, 0.2) is 0 Å². The van der Waals surface area contributed by atoms with Crippen LogP contribution in [0.15, 0.2) is 24.3 Å². The molecule has 0 saturated carbocycles. The van der Waals surface area contributed by atoms with Gasteiger partial charge in [-0.15, -0.1) is 0 Å². The van der Waals surface area contributed by atoms with Gasteiger partial charge in [-0.05, 0) is 31.0 Å². The molecule has 0 spiro atoms.